The molecule has 1 fully saturated rings. The van der Waals surface area contributed by atoms with Gasteiger partial charge in [-0.1, -0.05) is 19.1 Å². The lowest BCUT2D eigenvalue weighted by molar-refractivity contribution is 0.282. The predicted octanol–water partition coefficient (Wildman–Crippen LogP) is 3.75. The topological polar surface area (TPSA) is 43.6 Å². The number of halogens is 1. The molecule has 0 saturated heterocycles. The van der Waals surface area contributed by atoms with Crippen LogP contribution in [-0.4, -0.2) is 19.7 Å². The van der Waals surface area contributed by atoms with Gasteiger partial charge in [-0.05, 0) is 48.4 Å². The highest BCUT2D eigenvalue weighted by Gasteiger charge is 2.57. The lowest BCUT2D eigenvalue weighted by Crippen LogP contribution is -2.35. The van der Waals surface area contributed by atoms with Gasteiger partial charge in [0.05, 0.1) is 23.3 Å². The van der Waals surface area contributed by atoms with Crippen molar-refractivity contribution in [2.24, 2.45) is 5.92 Å². The first-order valence-electron chi connectivity index (χ1n) is 8.33. The van der Waals surface area contributed by atoms with E-state index in [1.165, 1.54) is 11.6 Å². The number of imidazole rings is 1. The molecule has 0 spiro atoms. The number of benzene rings is 1. The van der Waals surface area contributed by atoms with Crippen LogP contribution in [0.15, 0.2) is 49.1 Å². The van der Waals surface area contributed by atoms with Gasteiger partial charge in [0.2, 0.25) is 0 Å². The molecule has 5 rings (SSSR count). The fourth-order valence-corrected chi connectivity index (χ4v) is 4.75. The average molecular weight is 320 g/mol. The molecule has 24 heavy (non-hydrogen) atoms. The van der Waals surface area contributed by atoms with Crippen molar-refractivity contribution in [3.63, 3.8) is 0 Å². The zero-order chi connectivity index (χ0) is 16.3. The van der Waals surface area contributed by atoms with E-state index >= 15 is 0 Å². The molecule has 1 saturated carbocycles. The third kappa shape index (κ3) is 1.59. The van der Waals surface area contributed by atoms with Crippen LogP contribution >= 0.6 is 0 Å². The average Bonchev–Trinajstić information content (AvgIpc) is 3.29. The molecule has 2 aliphatic carbocycles. The summed E-state index contributed by atoms with van der Waals surface area (Å²) in [5, 5.41) is 8.94. The predicted molar refractivity (Wildman–Crippen MR) is 87.9 cm³/mol. The Morgan fingerprint density at radius 3 is 2.92 bits per heavy atom. The van der Waals surface area contributed by atoms with Gasteiger partial charge in [0.1, 0.15) is 5.82 Å². The number of nitrogens with zero attached hydrogens (tertiary/aromatic N) is 4. The Labute approximate surface area is 139 Å². The summed E-state index contributed by atoms with van der Waals surface area (Å²) in [6, 6.07) is 8.78. The van der Waals surface area contributed by atoms with Gasteiger partial charge in [-0.15, -0.1) is 0 Å². The normalized spacial score (nSPS) is 27.4. The zero-order valence-corrected chi connectivity index (χ0v) is 13.4. The van der Waals surface area contributed by atoms with Crippen LogP contribution in [0.3, 0.4) is 0 Å². The Kier molecular flexibility index (Phi) is 2.72. The molecule has 4 nitrogen and oxygen atoms in total. The maximum atomic E-state index is 14.1. The first kappa shape index (κ1) is 13.8. The van der Waals surface area contributed by atoms with E-state index in [-0.39, 0.29) is 11.4 Å². The van der Waals surface area contributed by atoms with Crippen molar-refractivity contribution in [1.82, 2.24) is 19.7 Å². The second kappa shape index (κ2) is 4.72. The van der Waals surface area contributed by atoms with E-state index in [9.17, 15) is 4.39 Å². The molecule has 2 aromatic heterocycles. The molecule has 0 radical (unpaired) electrons. The molecule has 2 heterocycles. The Bertz CT molecular complexity index is 921. The number of rotatable bonds is 2. The summed E-state index contributed by atoms with van der Waals surface area (Å²) in [7, 11) is 0. The Balaban J connectivity index is 1.70. The van der Waals surface area contributed by atoms with Crippen LogP contribution in [0.25, 0.3) is 11.3 Å². The molecular weight excluding hydrogens is 303 g/mol. The van der Waals surface area contributed by atoms with Crippen LogP contribution in [-0.2, 0) is 5.54 Å². The summed E-state index contributed by atoms with van der Waals surface area (Å²) < 4.78 is 16.3. The molecule has 2 aliphatic rings. The molecule has 0 N–H and O–H groups in total. The lowest BCUT2D eigenvalue weighted by atomic mass is 9.88. The van der Waals surface area contributed by atoms with Crippen LogP contribution in [0.2, 0.25) is 0 Å². The standard InChI is InChI=1S/C19H17FN4/c1-12-13-6-7-19(12,24-9-8-21-11-24)18-15(13)10-17(22-23-18)14-4-2-3-5-16(14)20/h2-5,8-13H,6-7H2,1H3/t12?,13-,19-/m1/s1. The van der Waals surface area contributed by atoms with E-state index in [1.807, 2.05) is 30.9 Å². The van der Waals surface area contributed by atoms with Gasteiger partial charge in [0, 0.05) is 18.0 Å². The van der Waals surface area contributed by atoms with Crippen molar-refractivity contribution in [3.05, 3.63) is 66.1 Å². The van der Waals surface area contributed by atoms with Crippen LogP contribution < -0.4 is 0 Å². The molecule has 1 unspecified atom stereocenters. The zero-order valence-electron chi connectivity index (χ0n) is 13.4. The minimum absolute atomic E-state index is 0.155. The fourth-order valence-electron chi connectivity index (χ4n) is 4.75. The molecule has 120 valence electrons. The Morgan fingerprint density at radius 2 is 2.12 bits per heavy atom. The number of hydrogen-bond acceptors (Lipinski definition) is 3. The number of hydrogen-bond donors (Lipinski definition) is 0. The van der Waals surface area contributed by atoms with Crippen LogP contribution in [0.4, 0.5) is 4.39 Å². The third-order valence-corrected chi connectivity index (χ3v) is 5.94. The van der Waals surface area contributed by atoms with E-state index in [2.05, 4.69) is 26.7 Å². The van der Waals surface area contributed by atoms with Crippen molar-refractivity contribution in [2.45, 2.75) is 31.2 Å². The second-order valence-electron chi connectivity index (χ2n) is 6.84. The summed E-state index contributed by atoms with van der Waals surface area (Å²) in [4.78, 5) is 4.23. The van der Waals surface area contributed by atoms with Gasteiger partial charge in [-0.3, -0.25) is 0 Å². The molecule has 2 bridgehead atoms. The van der Waals surface area contributed by atoms with Crippen molar-refractivity contribution in [3.8, 4) is 11.3 Å². The Morgan fingerprint density at radius 1 is 1.25 bits per heavy atom. The van der Waals surface area contributed by atoms with Crippen molar-refractivity contribution < 1.29 is 4.39 Å². The first-order valence-corrected chi connectivity index (χ1v) is 8.33. The molecule has 3 atom stereocenters. The van der Waals surface area contributed by atoms with E-state index < -0.39 is 0 Å². The fraction of sp³-hybridized carbons (Fsp3) is 0.316. The van der Waals surface area contributed by atoms with E-state index in [4.69, 9.17) is 0 Å². The SMILES string of the molecule is CC1[C@H]2CC[C@]1(n1ccnc1)c1nnc(-c3ccccc3F)cc12. The summed E-state index contributed by atoms with van der Waals surface area (Å²) >= 11 is 0. The quantitative estimate of drug-likeness (QED) is 0.722. The largest absolute Gasteiger partial charge is 0.325 e. The molecule has 0 amide bonds. The molecule has 0 aliphatic heterocycles. The summed E-state index contributed by atoms with van der Waals surface area (Å²) in [6.45, 7) is 2.28. The van der Waals surface area contributed by atoms with Gasteiger partial charge in [0.25, 0.3) is 0 Å². The molecule has 5 heteroatoms. The van der Waals surface area contributed by atoms with Crippen LogP contribution in [0.5, 0.6) is 0 Å². The smallest absolute Gasteiger partial charge is 0.132 e. The van der Waals surface area contributed by atoms with E-state index in [0.29, 0.717) is 23.1 Å². The molecular formula is C19H17FN4. The number of fused-ring (bicyclic) bond motifs is 5. The molecule has 1 aromatic carbocycles. The highest BCUT2D eigenvalue weighted by Crippen LogP contribution is 2.60. The summed E-state index contributed by atoms with van der Waals surface area (Å²) in [5.74, 6) is 0.627. The maximum absolute atomic E-state index is 14.1. The highest BCUT2D eigenvalue weighted by molar-refractivity contribution is 5.62. The monoisotopic (exact) mass is 320 g/mol. The molecule has 3 aromatic rings. The lowest BCUT2D eigenvalue weighted by Gasteiger charge is -2.31. The van der Waals surface area contributed by atoms with E-state index in [0.717, 1.165) is 18.5 Å². The highest BCUT2D eigenvalue weighted by atomic mass is 19.1. The van der Waals surface area contributed by atoms with Gasteiger partial charge in [-0.25, -0.2) is 9.37 Å². The second-order valence-corrected chi connectivity index (χ2v) is 6.84. The van der Waals surface area contributed by atoms with Crippen LogP contribution in [0.1, 0.15) is 36.9 Å². The third-order valence-electron chi connectivity index (χ3n) is 5.94. The van der Waals surface area contributed by atoms with Gasteiger partial charge < -0.3 is 4.57 Å². The minimum Gasteiger partial charge on any atom is -0.325 e. The summed E-state index contributed by atoms with van der Waals surface area (Å²) in [6.07, 6.45) is 7.87. The number of aromatic nitrogens is 4. The maximum Gasteiger partial charge on any atom is 0.132 e. The minimum atomic E-state index is -0.257. The van der Waals surface area contributed by atoms with Crippen molar-refractivity contribution in [1.29, 1.82) is 0 Å². The van der Waals surface area contributed by atoms with Crippen molar-refractivity contribution >= 4 is 0 Å². The van der Waals surface area contributed by atoms with Crippen molar-refractivity contribution in [2.75, 3.05) is 0 Å². The Hall–Kier alpha value is -2.56. The summed E-state index contributed by atoms with van der Waals surface area (Å²) in [5.41, 5.74) is 3.23. The van der Waals surface area contributed by atoms with Gasteiger partial charge in [0.15, 0.2) is 0 Å². The van der Waals surface area contributed by atoms with Gasteiger partial charge >= 0.3 is 0 Å². The van der Waals surface area contributed by atoms with E-state index in [1.54, 1.807) is 12.1 Å². The van der Waals surface area contributed by atoms with Crippen LogP contribution in [0, 0.1) is 11.7 Å². The van der Waals surface area contributed by atoms with Gasteiger partial charge in [-0.2, -0.15) is 10.2 Å². The first-order chi connectivity index (χ1) is 11.7.